The van der Waals surface area contributed by atoms with E-state index in [0.29, 0.717) is 5.75 Å². The fraction of sp³-hybridized carbons (Fsp3) is 0.125. The van der Waals surface area contributed by atoms with E-state index in [4.69, 9.17) is 16.3 Å². The lowest BCUT2D eigenvalue weighted by atomic mass is 10.1. The minimum absolute atomic E-state index is 0.0793. The van der Waals surface area contributed by atoms with Crippen LogP contribution in [0.4, 0.5) is 4.39 Å². The number of hydrogen-bond acceptors (Lipinski definition) is 3. The van der Waals surface area contributed by atoms with Crippen LogP contribution in [-0.2, 0) is 4.79 Å². The van der Waals surface area contributed by atoms with Crippen molar-refractivity contribution in [2.24, 2.45) is 0 Å². The zero-order chi connectivity index (χ0) is 17.0. The molecule has 0 aliphatic carbocycles. The molecule has 7 heteroatoms. The van der Waals surface area contributed by atoms with Gasteiger partial charge in [-0.05, 0) is 35.9 Å². The maximum atomic E-state index is 13.5. The van der Waals surface area contributed by atoms with Crippen LogP contribution in [0.15, 0.2) is 42.5 Å². The summed E-state index contributed by atoms with van der Waals surface area (Å²) in [7, 11) is 1.45. The van der Waals surface area contributed by atoms with Crippen LogP contribution in [0.1, 0.15) is 22.0 Å². The van der Waals surface area contributed by atoms with Gasteiger partial charge in [0.25, 0.3) is 5.91 Å². The molecule has 0 fully saturated rings. The molecule has 1 atom stereocenters. The number of hydrogen-bond donors (Lipinski definition) is 2. The molecule has 23 heavy (non-hydrogen) atoms. The molecule has 2 aromatic carbocycles. The van der Waals surface area contributed by atoms with Crippen molar-refractivity contribution >= 4 is 23.5 Å². The van der Waals surface area contributed by atoms with Crippen molar-refractivity contribution in [1.82, 2.24) is 5.32 Å². The predicted molar refractivity (Wildman–Crippen MR) is 82.2 cm³/mol. The summed E-state index contributed by atoms with van der Waals surface area (Å²) in [5.41, 5.74) is 0.306. The van der Waals surface area contributed by atoms with Gasteiger partial charge in [-0.1, -0.05) is 23.7 Å². The Bertz CT molecular complexity index is 751. The summed E-state index contributed by atoms with van der Waals surface area (Å²) in [5.74, 6) is -2.23. The number of carboxylic acids is 1. The van der Waals surface area contributed by atoms with Gasteiger partial charge in [0.2, 0.25) is 0 Å². The van der Waals surface area contributed by atoms with Crippen LogP contribution in [0.5, 0.6) is 5.75 Å². The minimum Gasteiger partial charge on any atom is -0.497 e. The lowest BCUT2D eigenvalue weighted by Crippen LogP contribution is -2.33. The average molecular weight is 338 g/mol. The Labute approximate surface area is 136 Å². The summed E-state index contributed by atoms with van der Waals surface area (Å²) >= 11 is 5.58. The number of rotatable bonds is 5. The lowest BCUT2D eigenvalue weighted by Gasteiger charge is -2.15. The van der Waals surface area contributed by atoms with E-state index in [2.05, 4.69) is 5.32 Å². The van der Waals surface area contributed by atoms with Crippen molar-refractivity contribution in [3.8, 4) is 5.75 Å². The van der Waals surface area contributed by atoms with E-state index in [1.54, 1.807) is 12.1 Å². The maximum absolute atomic E-state index is 13.5. The van der Waals surface area contributed by atoms with Gasteiger partial charge in [0.1, 0.15) is 11.6 Å². The number of amides is 1. The Balaban J connectivity index is 2.26. The summed E-state index contributed by atoms with van der Waals surface area (Å²) in [6.45, 7) is 0. The molecule has 0 radical (unpaired) electrons. The molecule has 2 N–H and O–H groups in total. The van der Waals surface area contributed by atoms with Gasteiger partial charge in [-0.15, -0.1) is 0 Å². The molecule has 120 valence electrons. The van der Waals surface area contributed by atoms with E-state index in [9.17, 15) is 19.1 Å². The zero-order valence-corrected chi connectivity index (χ0v) is 12.8. The third-order valence-electron chi connectivity index (χ3n) is 3.13. The molecular formula is C16H13ClFNO4. The molecule has 0 heterocycles. The predicted octanol–water partition coefficient (Wildman–Crippen LogP) is 3.04. The van der Waals surface area contributed by atoms with Crippen LogP contribution in [0.3, 0.4) is 0 Å². The van der Waals surface area contributed by atoms with E-state index in [-0.39, 0.29) is 16.1 Å². The smallest absolute Gasteiger partial charge is 0.330 e. The first-order chi connectivity index (χ1) is 10.9. The highest BCUT2D eigenvalue weighted by Crippen LogP contribution is 2.21. The molecule has 2 aromatic rings. The van der Waals surface area contributed by atoms with Crippen LogP contribution in [0, 0.1) is 5.82 Å². The normalized spacial score (nSPS) is 11.6. The number of carbonyl (C=O) groups excluding carboxylic acids is 1. The summed E-state index contributed by atoms with van der Waals surface area (Å²) in [6.07, 6.45) is 0. The van der Waals surface area contributed by atoms with Gasteiger partial charge in [-0.25, -0.2) is 9.18 Å². The molecule has 0 aliphatic rings. The van der Waals surface area contributed by atoms with E-state index < -0.39 is 23.7 Å². The molecule has 0 saturated carbocycles. The van der Waals surface area contributed by atoms with Gasteiger partial charge in [0, 0.05) is 5.56 Å². The van der Waals surface area contributed by atoms with E-state index in [1.807, 2.05) is 0 Å². The summed E-state index contributed by atoms with van der Waals surface area (Å²) in [5, 5.41) is 11.5. The monoisotopic (exact) mass is 337 g/mol. The number of carbonyl (C=O) groups is 2. The largest absolute Gasteiger partial charge is 0.497 e. The highest BCUT2D eigenvalue weighted by Gasteiger charge is 2.23. The molecular weight excluding hydrogens is 325 g/mol. The molecule has 2 rings (SSSR count). The Hall–Kier alpha value is -2.60. The van der Waals surface area contributed by atoms with Crippen LogP contribution >= 0.6 is 11.6 Å². The molecule has 0 saturated heterocycles. The molecule has 1 unspecified atom stereocenters. The number of carboxylic acid groups (broad SMARTS) is 1. The van der Waals surface area contributed by atoms with Crippen molar-refractivity contribution in [2.45, 2.75) is 6.04 Å². The second kappa shape index (κ2) is 7.11. The van der Waals surface area contributed by atoms with Gasteiger partial charge < -0.3 is 15.2 Å². The Kier molecular flexibility index (Phi) is 5.18. The molecule has 0 spiro atoms. The Morgan fingerprint density at radius 2 is 2.00 bits per heavy atom. The molecule has 0 aliphatic heterocycles. The Morgan fingerprint density at radius 3 is 2.61 bits per heavy atom. The van der Waals surface area contributed by atoms with Crippen molar-refractivity contribution in [3.63, 3.8) is 0 Å². The number of methoxy groups -OCH3 is 1. The topological polar surface area (TPSA) is 75.6 Å². The van der Waals surface area contributed by atoms with Crippen LogP contribution in [0.2, 0.25) is 5.02 Å². The van der Waals surface area contributed by atoms with E-state index in [0.717, 1.165) is 6.07 Å². The summed E-state index contributed by atoms with van der Waals surface area (Å²) < 4.78 is 18.5. The highest BCUT2D eigenvalue weighted by atomic mass is 35.5. The summed E-state index contributed by atoms with van der Waals surface area (Å²) in [6, 6.07) is 8.39. The quantitative estimate of drug-likeness (QED) is 0.879. The fourth-order valence-corrected chi connectivity index (χ4v) is 2.08. The molecule has 5 nitrogen and oxygen atoms in total. The summed E-state index contributed by atoms with van der Waals surface area (Å²) in [4.78, 5) is 23.6. The molecule has 0 bridgehead atoms. The highest BCUT2D eigenvalue weighted by molar-refractivity contribution is 6.30. The third-order valence-corrected chi connectivity index (χ3v) is 3.44. The average Bonchev–Trinajstić information content (AvgIpc) is 2.54. The van der Waals surface area contributed by atoms with Gasteiger partial charge in [-0.2, -0.15) is 0 Å². The van der Waals surface area contributed by atoms with Gasteiger partial charge >= 0.3 is 5.97 Å². The first-order valence-electron chi connectivity index (χ1n) is 6.55. The number of benzene rings is 2. The first kappa shape index (κ1) is 16.8. The molecule has 1 amide bonds. The van der Waals surface area contributed by atoms with Crippen LogP contribution in [0.25, 0.3) is 0 Å². The number of nitrogens with one attached hydrogen (secondary N) is 1. The standard InChI is InChI=1S/C16H13ClFNO4/c1-23-11-4-2-3-10(7-11)15(20)19-14(16(21)22)9-5-6-12(17)13(18)8-9/h2-8,14H,1H3,(H,19,20)(H,21,22). The first-order valence-corrected chi connectivity index (χ1v) is 6.93. The second-order valence-electron chi connectivity index (χ2n) is 4.65. The zero-order valence-electron chi connectivity index (χ0n) is 12.0. The Morgan fingerprint density at radius 1 is 1.26 bits per heavy atom. The van der Waals surface area contributed by atoms with Gasteiger partial charge in [0.05, 0.1) is 12.1 Å². The number of halogens is 2. The number of ether oxygens (including phenoxy) is 1. The molecule has 0 aromatic heterocycles. The second-order valence-corrected chi connectivity index (χ2v) is 5.06. The van der Waals surface area contributed by atoms with Crippen LogP contribution in [-0.4, -0.2) is 24.1 Å². The number of aliphatic carboxylic acids is 1. The van der Waals surface area contributed by atoms with Crippen LogP contribution < -0.4 is 10.1 Å². The SMILES string of the molecule is COc1cccc(C(=O)NC(C(=O)O)c2ccc(Cl)c(F)c2)c1. The lowest BCUT2D eigenvalue weighted by molar-refractivity contribution is -0.139. The van der Waals surface area contributed by atoms with Crippen molar-refractivity contribution < 1.29 is 23.8 Å². The third kappa shape index (κ3) is 3.98. The van der Waals surface area contributed by atoms with Gasteiger partial charge in [-0.3, -0.25) is 4.79 Å². The van der Waals surface area contributed by atoms with Crippen molar-refractivity contribution in [1.29, 1.82) is 0 Å². The fourth-order valence-electron chi connectivity index (χ4n) is 1.96. The van der Waals surface area contributed by atoms with E-state index in [1.165, 1.54) is 31.4 Å². The van der Waals surface area contributed by atoms with Crippen molar-refractivity contribution in [2.75, 3.05) is 7.11 Å². The van der Waals surface area contributed by atoms with Gasteiger partial charge in [0.15, 0.2) is 6.04 Å². The maximum Gasteiger partial charge on any atom is 0.330 e. The minimum atomic E-state index is -1.40. The van der Waals surface area contributed by atoms with Crippen molar-refractivity contribution in [3.05, 3.63) is 64.4 Å². The van der Waals surface area contributed by atoms with E-state index >= 15 is 0 Å².